The number of nitrogens with zero attached hydrogens (tertiary/aromatic N) is 2. The minimum atomic E-state index is -0.397. The molecule has 7 heteroatoms. The van der Waals surface area contributed by atoms with Crippen LogP contribution in [-0.2, 0) is 10.2 Å². The molecule has 1 aromatic heterocycles. The minimum Gasteiger partial charge on any atom is -0.325 e. The second kappa shape index (κ2) is 9.19. The van der Waals surface area contributed by atoms with Crippen LogP contribution in [0.1, 0.15) is 26.3 Å². The van der Waals surface area contributed by atoms with Gasteiger partial charge in [0.15, 0.2) is 5.16 Å². The average molecular weight is 462 g/mol. The third-order valence-electron chi connectivity index (χ3n) is 5.17. The highest BCUT2D eigenvalue weighted by atomic mass is 32.2. The van der Waals surface area contributed by atoms with E-state index in [1.807, 2.05) is 30.3 Å². The van der Waals surface area contributed by atoms with Crippen molar-refractivity contribution in [1.82, 2.24) is 9.55 Å². The molecule has 0 aliphatic carbocycles. The quantitative estimate of drug-likeness (QED) is 0.313. The molecule has 5 nitrogen and oxygen atoms in total. The number of aromatic nitrogens is 2. The molecule has 0 aliphatic rings. The van der Waals surface area contributed by atoms with Gasteiger partial charge in [-0.3, -0.25) is 14.2 Å². The number of hydrogen-bond donors (Lipinski definition) is 1. The molecule has 0 unspecified atom stereocenters. The Morgan fingerprint density at radius 1 is 1.00 bits per heavy atom. The van der Waals surface area contributed by atoms with E-state index in [0.717, 1.165) is 23.0 Å². The molecule has 0 spiro atoms. The number of amides is 1. The van der Waals surface area contributed by atoms with Crippen molar-refractivity contribution >= 4 is 34.3 Å². The Morgan fingerprint density at radius 2 is 1.67 bits per heavy atom. The number of anilines is 1. The van der Waals surface area contributed by atoms with Crippen molar-refractivity contribution in [2.75, 3.05) is 11.1 Å². The average Bonchev–Trinajstić information content (AvgIpc) is 2.78. The molecule has 0 atom stereocenters. The predicted molar refractivity (Wildman–Crippen MR) is 132 cm³/mol. The summed E-state index contributed by atoms with van der Waals surface area (Å²) in [5.74, 6) is -0.541. The van der Waals surface area contributed by atoms with Crippen LogP contribution in [-0.4, -0.2) is 21.2 Å². The van der Waals surface area contributed by atoms with Crippen molar-refractivity contribution in [2.45, 2.75) is 31.3 Å². The molecule has 4 aromatic rings. The summed E-state index contributed by atoms with van der Waals surface area (Å²) >= 11 is 1.16. The number of carbonyl (C=O) groups excluding carboxylic acids is 1. The van der Waals surface area contributed by atoms with Crippen LogP contribution in [0.3, 0.4) is 0 Å². The fourth-order valence-corrected chi connectivity index (χ4v) is 4.40. The van der Waals surface area contributed by atoms with Gasteiger partial charge in [-0.1, -0.05) is 62.9 Å². The van der Waals surface area contributed by atoms with Crippen LogP contribution in [0.25, 0.3) is 16.6 Å². The van der Waals surface area contributed by atoms with Gasteiger partial charge in [-0.2, -0.15) is 0 Å². The number of hydrogen-bond acceptors (Lipinski definition) is 4. The number of carbonyl (C=O) groups is 1. The number of thioether (sulfide) groups is 1. The fraction of sp³-hybridized carbons (Fsp3) is 0.192. The third-order valence-corrected chi connectivity index (χ3v) is 6.11. The van der Waals surface area contributed by atoms with Gasteiger partial charge in [-0.15, -0.1) is 0 Å². The SMILES string of the molecule is CC(C)(C)c1ccccc1NC(=O)CSc1nc2ccccc2c(=O)n1-c1ccc(F)cc1. The third kappa shape index (κ3) is 4.98. The Labute approximate surface area is 195 Å². The largest absolute Gasteiger partial charge is 0.325 e. The zero-order chi connectivity index (χ0) is 23.6. The molecule has 1 N–H and O–H groups in total. The van der Waals surface area contributed by atoms with Crippen LogP contribution >= 0.6 is 11.8 Å². The second-order valence-corrected chi connectivity index (χ2v) is 9.60. The monoisotopic (exact) mass is 461 g/mol. The van der Waals surface area contributed by atoms with Crippen LogP contribution in [0, 0.1) is 5.82 Å². The zero-order valence-corrected chi connectivity index (χ0v) is 19.4. The van der Waals surface area contributed by atoms with Gasteiger partial charge in [0.1, 0.15) is 5.82 Å². The van der Waals surface area contributed by atoms with E-state index < -0.39 is 5.82 Å². The van der Waals surface area contributed by atoms with Gasteiger partial charge in [0, 0.05) is 5.69 Å². The molecule has 3 aromatic carbocycles. The van der Waals surface area contributed by atoms with E-state index in [-0.39, 0.29) is 22.6 Å². The van der Waals surface area contributed by atoms with Crippen molar-refractivity contribution in [3.05, 3.63) is 94.5 Å². The first-order chi connectivity index (χ1) is 15.7. The van der Waals surface area contributed by atoms with Crippen molar-refractivity contribution < 1.29 is 9.18 Å². The summed E-state index contributed by atoms with van der Waals surface area (Å²) in [6, 6.07) is 20.4. The first kappa shape index (κ1) is 22.7. The number of fused-ring (bicyclic) bond motifs is 1. The highest BCUT2D eigenvalue weighted by Crippen LogP contribution is 2.29. The number of para-hydroxylation sites is 2. The molecule has 1 heterocycles. The van der Waals surface area contributed by atoms with E-state index in [9.17, 15) is 14.0 Å². The molecule has 0 radical (unpaired) electrons. The number of halogens is 1. The van der Waals surface area contributed by atoms with E-state index in [2.05, 4.69) is 31.1 Å². The van der Waals surface area contributed by atoms with Crippen molar-refractivity contribution in [1.29, 1.82) is 0 Å². The van der Waals surface area contributed by atoms with Crippen molar-refractivity contribution in [3.63, 3.8) is 0 Å². The molecule has 4 rings (SSSR count). The Balaban J connectivity index is 1.65. The van der Waals surface area contributed by atoms with Crippen molar-refractivity contribution in [3.8, 4) is 5.69 Å². The number of rotatable bonds is 5. The number of benzene rings is 3. The summed E-state index contributed by atoms with van der Waals surface area (Å²) in [6.45, 7) is 6.27. The van der Waals surface area contributed by atoms with Gasteiger partial charge in [-0.05, 0) is 53.4 Å². The van der Waals surface area contributed by atoms with E-state index in [4.69, 9.17) is 0 Å². The van der Waals surface area contributed by atoms with E-state index in [1.165, 1.54) is 28.8 Å². The maximum Gasteiger partial charge on any atom is 0.266 e. The first-order valence-corrected chi connectivity index (χ1v) is 11.5. The normalized spacial score (nSPS) is 11.5. The Morgan fingerprint density at radius 3 is 2.39 bits per heavy atom. The maximum atomic E-state index is 13.5. The molecule has 0 aliphatic heterocycles. The van der Waals surface area contributed by atoms with Crippen LogP contribution in [0.5, 0.6) is 0 Å². The van der Waals surface area contributed by atoms with Gasteiger partial charge in [0.05, 0.1) is 22.3 Å². The number of nitrogens with one attached hydrogen (secondary N) is 1. The maximum absolute atomic E-state index is 13.5. The Hall–Kier alpha value is -3.45. The van der Waals surface area contributed by atoms with E-state index in [0.29, 0.717) is 21.7 Å². The smallest absolute Gasteiger partial charge is 0.266 e. The minimum absolute atomic E-state index is 0.0600. The van der Waals surface area contributed by atoms with E-state index >= 15 is 0 Å². The summed E-state index contributed by atoms with van der Waals surface area (Å²) in [5.41, 5.74) is 2.43. The lowest BCUT2D eigenvalue weighted by molar-refractivity contribution is -0.113. The lowest BCUT2D eigenvalue weighted by atomic mass is 9.86. The van der Waals surface area contributed by atoms with Crippen LogP contribution in [0.2, 0.25) is 0 Å². The molecule has 0 bridgehead atoms. The highest BCUT2D eigenvalue weighted by molar-refractivity contribution is 7.99. The van der Waals surface area contributed by atoms with Crippen molar-refractivity contribution in [2.24, 2.45) is 0 Å². The van der Waals surface area contributed by atoms with Gasteiger partial charge in [-0.25, -0.2) is 9.37 Å². The van der Waals surface area contributed by atoms with Crippen LogP contribution in [0.4, 0.5) is 10.1 Å². The molecular weight excluding hydrogens is 437 g/mol. The summed E-state index contributed by atoms with van der Waals surface area (Å²) in [7, 11) is 0. The molecule has 0 saturated heterocycles. The lowest BCUT2D eigenvalue weighted by Crippen LogP contribution is -2.23. The molecule has 0 fully saturated rings. The second-order valence-electron chi connectivity index (χ2n) is 8.66. The van der Waals surface area contributed by atoms with Gasteiger partial charge in [0.2, 0.25) is 5.91 Å². The summed E-state index contributed by atoms with van der Waals surface area (Å²) in [5, 5.41) is 3.80. The molecule has 1 amide bonds. The summed E-state index contributed by atoms with van der Waals surface area (Å²) in [6.07, 6.45) is 0. The Kier molecular flexibility index (Phi) is 6.33. The van der Waals surface area contributed by atoms with Gasteiger partial charge in [0.25, 0.3) is 5.56 Å². The topological polar surface area (TPSA) is 64.0 Å². The lowest BCUT2D eigenvalue weighted by Gasteiger charge is -2.23. The Bertz CT molecular complexity index is 1380. The first-order valence-electron chi connectivity index (χ1n) is 10.5. The van der Waals surface area contributed by atoms with Crippen LogP contribution in [0.15, 0.2) is 82.7 Å². The molecule has 0 saturated carbocycles. The summed E-state index contributed by atoms with van der Waals surface area (Å²) < 4.78 is 14.9. The van der Waals surface area contributed by atoms with Gasteiger partial charge >= 0.3 is 0 Å². The summed E-state index contributed by atoms with van der Waals surface area (Å²) in [4.78, 5) is 30.7. The van der Waals surface area contributed by atoms with Gasteiger partial charge < -0.3 is 5.32 Å². The predicted octanol–water partition coefficient (Wildman–Crippen LogP) is 5.55. The fourth-order valence-electron chi connectivity index (χ4n) is 3.59. The zero-order valence-electron chi connectivity index (χ0n) is 18.6. The highest BCUT2D eigenvalue weighted by Gasteiger charge is 2.19. The molecular formula is C26H24FN3O2S. The van der Waals surface area contributed by atoms with Crippen LogP contribution < -0.4 is 10.9 Å². The molecule has 33 heavy (non-hydrogen) atoms. The van der Waals surface area contributed by atoms with E-state index in [1.54, 1.807) is 18.2 Å². The molecule has 168 valence electrons. The standard InChI is InChI=1S/C26H24FN3O2S/c1-26(2,3)20-9-5-7-11-22(20)28-23(31)16-33-25-29-21-10-6-4-8-19(21)24(32)30(25)18-14-12-17(27)13-15-18/h4-15H,16H2,1-3H3,(H,28,31).